The van der Waals surface area contributed by atoms with Gasteiger partial charge in [0.2, 0.25) is 11.8 Å². The van der Waals surface area contributed by atoms with E-state index < -0.39 is 17.5 Å². The summed E-state index contributed by atoms with van der Waals surface area (Å²) in [5.41, 5.74) is -0.598. The van der Waals surface area contributed by atoms with Gasteiger partial charge in [0.1, 0.15) is 11.4 Å². The lowest BCUT2D eigenvalue weighted by atomic mass is 9.97. The van der Waals surface area contributed by atoms with Gasteiger partial charge < -0.3 is 15.3 Å². The van der Waals surface area contributed by atoms with Gasteiger partial charge >= 0.3 is 0 Å². The second-order valence-electron chi connectivity index (χ2n) is 5.64. The normalized spacial score (nSPS) is 19.0. The molecule has 114 valence electrons. The molecule has 1 aromatic carbocycles. The molecule has 1 heterocycles. The van der Waals surface area contributed by atoms with E-state index in [0.717, 1.165) is 0 Å². The van der Waals surface area contributed by atoms with E-state index in [-0.39, 0.29) is 18.2 Å². The molecule has 1 unspecified atom stereocenters. The number of aliphatic hydroxyl groups is 1. The van der Waals surface area contributed by atoms with E-state index in [1.807, 2.05) is 0 Å². The summed E-state index contributed by atoms with van der Waals surface area (Å²) in [4.78, 5) is 25.6. The number of rotatable bonds is 3. The summed E-state index contributed by atoms with van der Waals surface area (Å²) in [7, 11) is 0. The lowest BCUT2D eigenvalue weighted by Gasteiger charge is -2.41. The number of nitrogens with zero attached hydrogens (tertiary/aromatic N) is 1. The summed E-state index contributed by atoms with van der Waals surface area (Å²) in [5.74, 6) is -1.01. The minimum Gasteiger partial charge on any atom is -0.388 e. The van der Waals surface area contributed by atoms with E-state index >= 15 is 0 Å². The molecule has 1 aliphatic rings. The van der Waals surface area contributed by atoms with E-state index in [1.54, 1.807) is 19.9 Å². The first kappa shape index (κ1) is 15.4. The third-order valence-electron chi connectivity index (χ3n) is 3.75. The van der Waals surface area contributed by atoms with Crippen LogP contribution in [-0.4, -0.2) is 40.4 Å². The molecule has 1 aliphatic heterocycles. The van der Waals surface area contributed by atoms with Gasteiger partial charge in [-0.3, -0.25) is 9.59 Å². The van der Waals surface area contributed by atoms with Crippen molar-refractivity contribution in [3.8, 4) is 0 Å². The van der Waals surface area contributed by atoms with Crippen molar-refractivity contribution in [3.05, 3.63) is 35.6 Å². The maximum absolute atomic E-state index is 13.1. The molecule has 2 amide bonds. The lowest BCUT2D eigenvalue weighted by Crippen LogP contribution is -2.63. The standard InChI is InChI=1S/C15H19FN2O3/c1-15(2)14(21)17-6-7-18(15)13(20)9-12(19)10-4-3-5-11(16)8-10/h3-5,8,12,19H,6-7,9H2,1-2H3,(H,17,21). The Labute approximate surface area is 122 Å². The second-order valence-corrected chi connectivity index (χ2v) is 5.64. The Bertz CT molecular complexity index is 560. The number of benzene rings is 1. The van der Waals surface area contributed by atoms with Gasteiger partial charge in [-0.1, -0.05) is 12.1 Å². The van der Waals surface area contributed by atoms with Crippen molar-refractivity contribution >= 4 is 11.8 Å². The van der Waals surface area contributed by atoms with Crippen LogP contribution < -0.4 is 5.32 Å². The molecule has 1 aromatic rings. The summed E-state index contributed by atoms with van der Waals surface area (Å²) in [5, 5.41) is 12.8. The van der Waals surface area contributed by atoms with Crippen molar-refractivity contribution in [2.75, 3.05) is 13.1 Å². The fourth-order valence-electron chi connectivity index (χ4n) is 2.44. The van der Waals surface area contributed by atoms with Crippen molar-refractivity contribution in [2.45, 2.75) is 31.9 Å². The largest absolute Gasteiger partial charge is 0.388 e. The predicted octanol–water partition coefficient (Wildman–Crippen LogP) is 0.986. The molecule has 0 saturated carbocycles. The minimum absolute atomic E-state index is 0.180. The molecule has 5 nitrogen and oxygen atoms in total. The van der Waals surface area contributed by atoms with Crippen molar-refractivity contribution in [1.29, 1.82) is 0 Å². The van der Waals surface area contributed by atoms with Crippen LogP contribution in [0.4, 0.5) is 4.39 Å². The van der Waals surface area contributed by atoms with Crippen LogP contribution in [0.25, 0.3) is 0 Å². The highest BCUT2D eigenvalue weighted by atomic mass is 19.1. The Hall–Kier alpha value is -1.95. The SMILES string of the molecule is CC1(C)C(=O)NCCN1C(=O)CC(O)c1cccc(F)c1. The van der Waals surface area contributed by atoms with Gasteiger partial charge in [0.25, 0.3) is 0 Å². The number of nitrogens with one attached hydrogen (secondary N) is 1. The van der Waals surface area contributed by atoms with E-state index in [4.69, 9.17) is 0 Å². The van der Waals surface area contributed by atoms with Gasteiger partial charge in [0.05, 0.1) is 12.5 Å². The lowest BCUT2D eigenvalue weighted by molar-refractivity contribution is -0.150. The molecule has 2 rings (SSSR count). The second kappa shape index (κ2) is 5.81. The Kier molecular flexibility index (Phi) is 4.27. The predicted molar refractivity (Wildman–Crippen MR) is 74.8 cm³/mol. The molecule has 0 bridgehead atoms. The van der Waals surface area contributed by atoms with Gasteiger partial charge in [0.15, 0.2) is 0 Å². The fourth-order valence-corrected chi connectivity index (χ4v) is 2.44. The number of amides is 2. The number of hydrogen-bond acceptors (Lipinski definition) is 3. The molecular weight excluding hydrogens is 275 g/mol. The van der Waals surface area contributed by atoms with Gasteiger partial charge in [-0.25, -0.2) is 4.39 Å². The van der Waals surface area contributed by atoms with Crippen LogP contribution >= 0.6 is 0 Å². The highest BCUT2D eigenvalue weighted by Gasteiger charge is 2.40. The molecule has 1 saturated heterocycles. The van der Waals surface area contributed by atoms with E-state index in [0.29, 0.717) is 18.7 Å². The number of aliphatic hydroxyl groups excluding tert-OH is 1. The Morgan fingerprint density at radius 1 is 1.52 bits per heavy atom. The topological polar surface area (TPSA) is 69.6 Å². The molecule has 1 atom stereocenters. The Morgan fingerprint density at radius 2 is 2.24 bits per heavy atom. The summed E-state index contributed by atoms with van der Waals surface area (Å²) >= 11 is 0. The van der Waals surface area contributed by atoms with E-state index in [2.05, 4.69) is 5.32 Å². The molecular formula is C15H19FN2O3. The molecule has 2 N–H and O–H groups in total. The zero-order chi connectivity index (χ0) is 15.6. The first-order chi connectivity index (χ1) is 9.82. The van der Waals surface area contributed by atoms with Crippen molar-refractivity contribution < 1.29 is 19.1 Å². The van der Waals surface area contributed by atoms with Gasteiger partial charge in [-0.2, -0.15) is 0 Å². The summed E-state index contributed by atoms with van der Waals surface area (Å²) in [6, 6.07) is 5.52. The van der Waals surface area contributed by atoms with Crippen LogP contribution in [0.15, 0.2) is 24.3 Å². The smallest absolute Gasteiger partial charge is 0.245 e. The summed E-state index contributed by atoms with van der Waals surface area (Å²) in [6.45, 7) is 4.11. The first-order valence-electron chi connectivity index (χ1n) is 6.84. The molecule has 1 fully saturated rings. The van der Waals surface area contributed by atoms with Crippen LogP contribution in [0.1, 0.15) is 31.9 Å². The maximum Gasteiger partial charge on any atom is 0.245 e. The van der Waals surface area contributed by atoms with Crippen LogP contribution in [0.3, 0.4) is 0 Å². The molecule has 0 aliphatic carbocycles. The number of piperazine rings is 1. The maximum atomic E-state index is 13.1. The average Bonchev–Trinajstić information content (AvgIpc) is 2.41. The van der Waals surface area contributed by atoms with Crippen LogP contribution in [0.2, 0.25) is 0 Å². The van der Waals surface area contributed by atoms with Crippen molar-refractivity contribution in [2.24, 2.45) is 0 Å². The molecule has 0 aromatic heterocycles. The van der Waals surface area contributed by atoms with E-state index in [1.165, 1.54) is 23.1 Å². The average molecular weight is 294 g/mol. The van der Waals surface area contributed by atoms with Gasteiger partial charge in [-0.05, 0) is 31.5 Å². The van der Waals surface area contributed by atoms with Crippen molar-refractivity contribution in [1.82, 2.24) is 10.2 Å². The van der Waals surface area contributed by atoms with Crippen LogP contribution in [0, 0.1) is 5.82 Å². The van der Waals surface area contributed by atoms with E-state index in [9.17, 15) is 19.1 Å². The third kappa shape index (κ3) is 3.21. The van der Waals surface area contributed by atoms with Gasteiger partial charge in [0, 0.05) is 13.1 Å². The summed E-state index contributed by atoms with van der Waals surface area (Å²) < 4.78 is 13.1. The fraction of sp³-hybridized carbons (Fsp3) is 0.467. The summed E-state index contributed by atoms with van der Waals surface area (Å²) in [6.07, 6.45) is -1.27. The van der Waals surface area contributed by atoms with Crippen LogP contribution in [0.5, 0.6) is 0 Å². The molecule has 0 radical (unpaired) electrons. The number of carbonyl (C=O) groups excluding carboxylic acids is 2. The number of carbonyl (C=O) groups is 2. The Balaban J connectivity index is 2.09. The quantitative estimate of drug-likeness (QED) is 0.873. The van der Waals surface area contributed by atoms with Gasteiger partial charge in [-0.15, -0.1) is 0 Å². The minimum atomic E-state index is -1.09. The first-order valence-corrected chi connectivity index (χ1v) is 6.84. The highest BCUT2D eigenvalue weighted by molar-refractivity contribution is 5.92. The Morgan fingerprint density at radius 3 is 2.90 bits per heavy atom. The van der Waals surface area contributed by atoms with Crippen molar-refractivity contribution in [3.63, 3.8) is 0 Å². The zero-order valence-electron chi connectivity index (χ0n) is 12.1. The molecule has 6 heteroatoms. The highest BCUT2D eigenvalue weighted by Crippen LogP contribution is 2.23. The zero-order valence-corrected chi connectivity index (χ0v) is 12.1. The monoisotopic (exact) mass is 294 g/mol. The molecule has 21 heavy (non-hydrogen) atoms. The van der Waals surface area contributed by atoms with Crippen LogP contribution in [-0.2, 0) is 9.59 Å². The molecule has 0 spiro atoms. The number of halogens is 1. The third-order valence-corrected chi connectivity index (χ3v) is 3.75. The number of hydrogen-bond donors (Lipinski definition) is 2.